The molecule has 0 aromatic heterocycles. The first-order valence-electron chi connectivity index (χ1n) is 7.32. The van der Waals surface area contributed by atoms with Crippen LogP contribution < -0.4 is 4.90 Å². The Hall–Kier alpha value is -2.95. The minimum Gasteiger partial charge on any atom is -0.481 e. The summed E-state index contributed by atoms with van der Waals surface area (Å²) in [5.41, 5.74) is 1.25. The van der Waals surface area contributed by atoms with Gasteiger partial charge in [0.25, 0.3) is 5.91 Å². The molecule has 1 amide bonds. The van der Waals surface area contributed by atoms with Crippen LogP contribution in [0, 0.1) is 5.92 Å². The molecule has 2 aromatic carbocycles. The second kappa shape index (κ2) is 6.04. The van der Waals surface area contributed by atoms with E-state index in [1.807, 2.05) is 6.07 Å². The van der Waals surface area contributed by atoms with Crippen LogP contribution in [0.25, 0.3) is 0 Å². The summed E-state index contributed by atoms with van der Waals surface area (Å²) < 4.78 is 0. The topological polar surface area (TPSA) is 74.7 Å². The van der Waals surface area contributed by atoms with Crippen molar-refractivity contribution >= 4 is 23.3 Å². The van der Waals surface area contributed by atoms with Crippen molar-refractivity contribution in [3.63, 3.8) is 0 Å². The summed E-state index contributed by atoms with van der Waals surface area (Å²) in [5.74, 6) is -2.96. The van der Waals surface area contributed by atoms with Gasteiger partial charge in [0.05, 0.1) is 5.69 Å². The van der Waals surface area contributed by atoms with E-state index in [0.717, 1.165) is 0 Å². The number of amides is 1. The molecule has 0 saturated heterocycles. The number of carbonyl (C=O) groups is 3. The molecule has 0 bridgehead atoms. The summed E-state index contributed by atoms with van der Waals surface area (Å²) in [4.78, 5) is 38.1. The van der Waals surface area contributed by atoms with E-state index < -0.39 is 17.7 Å². The number of para-hydroxylation sites is 1. The second-order valence-electron chi connectivity index (χ2n) is 5.38. The smallest absolute Gasteiger partial charge is 0.314 e. The Morgan fingerprint density at radius 2 is 1.65 bits per heavy atom. The molecule has 23 heavy (non-hydrogen) atoms. The molecule has 1 aliphatic heterocycles. The molecular weight excluding hydrogens is 294 g/mol. The molecule has 5 heteroatoms. The third kappa shape index (κ3) is 2.73. The van der Waals surface area contributed by atoms with Crippen molar-refractivity contribution in [1.29, 1.82) is 0 Å². The zero-order valence-electron chi connectivity index (χ0n) is 12.3. The number of aliphatic carboxylic acids is 1. The monoisotopic (exact) mass is 309 g/mol. The summed E-state index contributed by atoms with van der Waals surface area (Å²) in [6, 6.07) is 15.4. The lowest BCUT2D eigenvalue weighted by molar-refractivity contribution is -0.140. The SMILES string of the molecule is O=C(O)C1CCN(C(=O)c2ccccc2)c2ccccc2C1=O. The summed E-state index contributed by atoms with van der Waals surface area (Å²) >= 11 is 0. The van der Waals surface area contributed by atoms with E-state index in [4.69, 9.17) is 0 Å². The lowest BCUT2D eigenvalue weighted by Gasteiger charge is -2.22. The fraction of sp³-hybridized carbons (Fsp3) is 0.167. The van der Waals surface area contributed by atoms with Gasteiger partial charge in [-0.25, -0.2) is 0 Å². The number of carboxylic acids is 1. The Bertz CT molecular complexity index is 770. The first kappa shape index (κ1) is 15.0. The average Bonchev–Trinajstić information content (AvgIpc) is 2.72. The summed E-state index contributed by atoms with van der Waals surface area (Å²) in [7, 11) is 0. The molecule has 0 saturated carbocycles. The highest BCUT2D eigenvalue weighted by Gasteiger charge is 2.35. The molecule has 0 fully saturated rings. The number of rotatable bonds is 2. The normalized spacial score (nSPS) is 17.3. The Balaban J connectivity index is 2.06. The Kier molecular flexibility index (Phi) is 3.93. The second-order valence-corrected chi connectivity index (χ2v) is 5.38. The maximum Gasteiger partial charge on any atom is 0.314 e. The molecule has 3 rings (SSSR count). The van der Waals surface area contributed by atoms with Crippen LogP contribution in [0.5, 0.6) is 0 Å². The Labute approximate surface area is 133 Å². The quantitative estimate of drug-likeness (QED) is 0.865. The maximum atomic E-state index is 12.8. The van der Waals surface area contributed by atoms with Crippen LogP contribution in [0.2, 0.25) is 0 Å². The van der Waals surface area contributed by atoms with Crippen molar-refractivity contribution in [3.8, 4) is 0 Å². The minimum atomic E-state index is -1.15. The summed E-state index contributed by atoms with van der Waals surface area (Å²) in [6.45, 7) is 0.188. The summed E-state index contributed by atoms with van der Waals surface area (Å²) in [6.07, 6.45) is 0.0986. The van der Waals surface area contributed by atoms with Crippen LogP contribution in [0.3, 0.4) is 0 Å². The van der Waals surface area contributed by atoms with E-state index in [-0.39, 0.29) is 24.4 Å². The van der Waals surface area contributed by atoms with Crippen LogP contribution in [0.1, 0.15) is 27.1 Å². The number of carboxylic acid groups (broad SMARTS) is 1. The minimum absolute atomic E-state index is 0.0986. The molecule has 0 spiro atoms. The largest absolute Gasteiger partial charge is 0.481 e. The van der Waals surface area contributed by atoms with Crippen molar-refractivity contribution < 1.29 is 19.5 Å². The van der Waals surface area contributed by atoms with Crippen molar-refractivity contribution in [3.05, 3.63) is 65.7 Å². The van der Waals surface area contributed by atoms with Crippen molar-refractivity contribution in [2.45, 2.75) is 6.42 Å². The van der Waals surface area contributed by atoms with E-state index in [0.29, 0.717) is 11.3 Å². The zero-order valence-corrected chi connectivity index (χ0v) is 12.3. The van der Waals surface area contributed by atoms with E-state index in [2.05, 4.69) is 0 Å². The van der Waals surface area contributed by atoms with Crippen LogP contribution in [0.4, 0.5) is 5.69 Å². The van der Waals surface area contributed by atoms with Crippen molar-refractivity contribution in [2.75, 3.05) is 11.4 Å². The van der Waals surface area contributed by atoms with Crippen LogP contribution in [-0.4, -0.2) is 29.3 Å². The number of anilines is 1. The molecule has 1 heterocycles. The number of ketones is 1. The molecule has 1 aliphatic rings. The summed E-state index contributed by atoms with van der Waals surface area (Å²) in [5, 5.41) is 9.28. The number of hydrogen-bond acceptors (Lipinski definition) is 3. The van der Waals surface area contributed by atoms with Gasteiger partial charge in [-0.2, -0.15) is 0 Å². The van der Waals surface area contributed by atoms with Crippen molar-refractivity contribution in [2.24, 2.45) is 5.92 Å². The fourth-order valence-electron chi connectivity index (χ4n) is 2.80. The first-order chi connectivity index (χ1) is 11.1. The third-order valence-corrected chi connectivity index (χ3v) is 3.98. The highest BCUT2D eigenvalue weighted by Crippen LogP contribution is 2.30. The van der Waals surface area contributed by atoms with Gasteiger partial charge in [-0.15, -0.1) is 0 Å². The van der Waals surface area contributed by atoms with Gasteiger partial charge in [0, 0.05) is 17.7 Å². The maximum absolute atomic E-state index is 12.8. The zero-order chi connectivity index (χ0) is 16.4. The van der Waals surface area contributed by atoms with E-state index in [1.54, 1.807) is 48.5 Å². The highest BCUT2D eigenvalue weighted by molar-refractivity contribution is 6.16. The van der Waals surface area contributed by atoms with Gasteiger partial charge in [0.2, 0.25) is 0 Å². The van der Waals surface area contributed by atoms with Gasteiger partial charge >= 0.3 is 5.97 Å². The van der Waals surface area contributed by atoms with Crippen molar-refractivity contribution in [1.82, 2.24) is 0 Å². The molecule has 2 aromatic rings. The molecular formula is C18H15NO4. The van der Waals surface area contributed by atoms with Gasteiger partial charge in [-0.3, -0.25) is 14.4 Å². The van der Waals surface area contributed by atoms with Crippen LogP contribution in [-0.2, 0) is 4.79 Å². The highest BCUT2D eigenvalue weighted by atomic mass is 16.4. The van der Waals surface area contributed by atoms with E-state index >= 15 is 0 Å². The lowest BCUT2D eigenvalue weighted by atomic mass is 9.95. The van der Waals surface area contributed by atoms with Gasteiger partial charge < -0.3 is 10.0 Å². The Morgan fingerprint density at radius 1 is 1.00 bits per heavy atom. The molecule has 1 atom stereocenters. The standard InChI is InChI=1S/C18H15NO4/c20-16-13-8-4-5-9-15(13)19(11-10-14(16)18(22)23)17(21)12-6-2-1-3-7-12/h1-9,14H,10-11H2,(H,22,23). The predicted octanol–water partition coefficient (Wildman–Crippen LogP) is 2.62. The number of Topliss-reactive ketones (excluding diaryl/α,β-unsaturated/α-hetero) is 1. The fourth-order valence-corrected chi connectivity index (χ4v) is 2.80. The predicted molar refractivity (Wildman–Crippen MR) is 84.6 cm³/mol. The molecule has 1 N–H and O–H groups in total. The molecule has 116 valence electrons. The lowest BCUT2D eigenvalue weighted by Crippen LogP contribution is -2.32. The van der Waals surface area contributed by atoms with Crippen LogP contribution in [0.15, 0.2) is 54.6 Å². The molecule has 0 aliphatic carbocycles. The van der Waals surface area contributed by atoms with E-state index in [1.165, 1.54) is 4.90 Å². The number of benzene rings is 2. The third-order valence-electron chi connectivity index (χ3n) is 3.98. The number of hydrogen-bond donors (Lipinski definition) is 1. The molecule has 5 nitrogen and oxygen atoms in total. The average molecular weight is 309 g/mol. The molecule has 0 radical (unpaired) electrons. The van der Waals surface area contributed by atoms with E-state index in [9.17, 15) is 19.5 Å². The van der Waals surface area contributed by atoms with Gasteiger partial charge in [-0.05, 0) is 30.7 Å². The van der Waals surface area contributed by atoms with Gasteiger partial charge in [0.1, 0.15) is 5.92 Å². The van der Waals surface area contributed by atoms with Crippen LogP contribution >= 0.6 is 0 Å². The number of fused-ring (bicyclic) bond motifs is 1. The molecule has 1 unspecified atom stereocenters. The number of carbonyl (C=O) groups excluding carboxylic acids is 2. The number of nitrogens with zero attached hydrogens (tertiary/aromatic N) is 1. The van der Waals surface area contributed by atoms with Gasteiger partial charge in [-0.1, -0.05) is 30.3 Å². The van der Waals surface area contributed by atoms with Gasteiger partial charge in [0.15, 0.2) is 5.78 Å². The Morgan fingerprint density at radius 3 is 2.35 bits per heavy atom. The first-order valence-corrected chi connectivity index (χ1v) is 7.32.